The first-order chi connectivity index (χ1) is 15.6. The average Bonchev–Trinajstić information content (AvgIpc) is 3.06. The Bertz CT molecular complexity index is 1420. The topological polar surface area (TPSA) is 81.4 Å². The van der Waals surface area contributed by atoms with Gasteiger partial charge in [-0.1, -0.05) is 32.9 Å². The second kappa shape index (κ2) is 8.53. The van der Waals surface area contributed by atoms with Crippen LogP contribution in [0.15, 0.2) is 33.9 Å². The predicted molar refractivity (Wildman–Crippen MR) is 124 cm³/mol. The molecule has 34 heavy (non-hydrogen) atoms. The Morgan fingerprint density at radius 2 is 1.65 bits per heavy atom. The summed E-state index contributed by atoms with van der Waals surface area (Å²) in [6.45, 7) is 5.97. The molecular formula is C23H24F3N3O4S. The molecule has 11 heteroatoms. The van der Waals surface area contributed by atoms with Crippen LogP contribution in [0.5, 0.6) is 0 Å². The quantitative estimate of drug-likeness (QED) is 0.551. The van der Waals surface area contributed by atoms with E-state index in [0.717, 1.165) is 34.1 Å². The largest absolute Gasteiger partial charge is 0.418 e. The highest BCUT2D eigenvalue weighted by Gasteiger charge is 2.35. The first kappa shape index (κ1) is 25.4. The first-order valence-electron chi connectivity index (χ1n) is 10.3. The van der Waals surface area contributed by atoms with Gasteiger partial charge in [0, 0.05) is 19.5 Å². The molecule has 182 valence electrons. The number of halogens is 3. The van der Waals surface area contributed by atoms with Crippen molar-refractivity contribution in [3.05, 3.63) is 61.1 Å². The number of carbonyl (C=O) groups excluding carboxylic acids is 2. The molecule has 0 aliphatic rings. The van der Waals surface area contributed by atoms with Crippen LogP contribution in [0.4, 0.5) is 13.2 Å². The van der Waals surface area contributed by atoms with Crippen LogP contribution in [-0.2, 0) is 17.5 Å². The summed E-state index contributed by atoms with van der Waals surface area (Å²) in [6.07, 6.45) is -4.83. The van der Waals surface area contributed by atoms with E-state index in [1.165, 1.54) is 32.0 Å². The Balaban J connectivity index is 2.51. The van der Waals surface area contributed by atoms with Gasteiger partial charge in [-0.25, -0.2) is 9.36 Å². The Hall–Kier alpha value is -3.21. The summed E-state index contributed by atoms with van der Waals surface area (Å²) in [5, 5.41) is -0.0755. The molecule has 0 spiro atoms. The molecule has 7 nitrogen and oxygen atoms in total. The maximum atomic E-state index is 13.7. The number of nitrogens with zero attached hydrogens (tertiary/aromatic N) is 3. The molecule has 0 unspecified atom stereocenters. The number of fused-ring (bicyclic) bond motifs is 1. The number of para-hydroxylation sites is 1. The van der Waals surface area contributed by atoms with Crippen LogP contribution in [0.2, 0.25) is 0 Å². The highest BCUT2D eigenvalue weighted by molar-refractivity contribution is 7.20. The van der Waals surface area contributed by atoms with E-state index in [9.17, 15) is 32.3 Å². The van der Waals surface area contributed by atoms with Gasteiger partial charge in [0.25, 0.3) is 11.5 Å². The molecule has 1 amide bonds. The summed E-state index contributed by atoms with van der Waals surface area (Å²) < 4.78 is 42.6. The fourth-order valence-electron chi connectivity index (χ4n) is 3.39. The minimum atomic E-state index is -4.83. The van der Waals surface area contributed by atoms with E-state index >= 15 is 0 Å². The van der Waals surface area contributed by atoms with E-state index in [-0.39, 0.29) is 26.4 Å². The van der Waals surface area contributed by atoms with Crippen molar-refractivity contribution in [1.29, 1.82) is 0 Å². The summed E-state index contributed by atoms with van der Waals surface area (Å²) in [5.41, 5.74) is -4.50. The van der Waals surface area contributed by atoms with Crippen LogP contribution in [0, 0.1) is 12.3 Å². The molecule has 2 aromatic heterocycles. The maximum Gasteiger partial charge on any atom is 0.418 e. The summed E-state index contributed by atoms with van der Waals surface area (Å²) in [4.78, 5) is 54.0. The van der Waals surface area contributed by atoms with Gasteiger partial charge in [0.05, 0.1) is 28.1 Å². The van der Waals surface area contributed by atoms with Crippen molar-refractivity contribution >= 4 is 33.2 Å². The summed E-state index contributed by atoms with van der Waals surface area (Å²) >= 11 is 0.866. The normalized spacial score (nSPS) is 12.3. The lowest BCUT2D eigenvalue weighted by Gasteiger charge is -2.19. The maximum absolute atomic E-state index is 13.7. The van der Waals surface area contributed by atoms with E-state index in [0.29, 0.717) is 4.57 Å². The van der Waals surface area contributed by atoms with E-state index < -0.39 is 46.5 Å². The van der Waals surface area contributed by atoms with Crippen molar-refractivity contribution in [2.75, 3.05) is 14.1 Å². The van der Waals surface area contributed by atoms with Gasteiger partial charge in [-0.05, 0) is 24.6 Å². The van der Waals surface area contributed by atoms with Gasteiger partial charge in [0.15, 0.2) is 5.78 Å². The summed E-state index contributed by atoms with van der Waals surface area (Å²) in [6, 6.07) is 4.24. The lowest BCUT2D eigenvalue weighted by Crippen LogP contribution is -2.41. The minimum Gasteiger partial charge on any atom is -0.344 e. The first-order valence-corrected chi connectivity index (χ1v) is 11.1. The van der Waals surface area contributed by atoms with Crippen molar-refractivity contribution in [3.63, 3.8) is 0 Å². The van der Waals surface area contributed by atoms with Gasteiger partial charge in [-0.3, -0.25) is 19.0 Å². The predicted octanol–water partition coefficient (Wildman–Crippen LogP) is 3.86. The molecule has 0 aliphatic carbocycles. The number of thiophene rings is 1. The zero-order valence-electron chi connectivity index (χ0n) is 19.5. The molecule has 3 aromatic rings. The molecule has 3 rings (SSSR count). The van der Waals surface area contributed by atoms with Gasteiger partial charge in [-0.2, -0.15) is 13.2 Å². The van der Waals surface area contributed by atoms with Crippen LogP contribution in [0.3, 0.4) is 0 Å². The van der Waals surface area contributed by atoms with E-state index in [1.807, 2.05) is 0 Å². The number of amides is 1. The second-order valence-electron chi connectivity index (χ2n) is 9.13. The SMILES string of the molecule is Cc1c(C(=O)N(C)C)sc2c1c(=O)n(-c1ccccc1C(F)(F)F)c(=O)n2CC(=O)C(C)(C)C. The smallest absolute Gasteiger partial charge is 0.344 e. The molecule has 2 heterocycles. The van der Waals surface area contributed by atoms with Gasteiger partial charge in [0.1, 0.15) is 4.83 Å². The standard InChI is InChI=1S/C23H24F3N3O4S/c1-12-16-18(31)29(14-10-8-7-9-13(14)23(24,25)26)21(33)28(11-15(30)22(2,3)4)20(16)34-17(12)19(32)27(5)6/h7-10H,11H2,1-6H3. The third-order valence-electron chi connectivity index (χ3n) is 5.40. The van der Waals surface area contributed by atoms with Gasteiger partial charge in [0.2, 0.25) is 0 Å². The van der Waals surface area contributed by atoms with Crippen LogP contribution < -0.4 is 11.2 Å². The average molecular weight is 496 g/mol. The lowest BCUT2D eigenvalue weighted by molar-refractivity contribution is -0.137. The number of benzene rings is 1. The van der Waals surface area contributed by atoms with Crippen LogP contribution >= 0.6 is 11.3 Å². The Morgan fingerprint density at radius 3 is 2.18 bits per heavy atom. The molecule has 0 saturated heterocycles. The zero-order chi connectivity index (χ0) is 25.7. The lowest BCUT2D eigenvalue weighted by atomic mass is 9.91. The van der Waals surface area contributed by atoms with Crippen LogP contribution in [-0.4, -0.2) is 39.8 Å². The minimum absolute atomic E-state index is 0.0658. The molecule has 0 bridgehead atoms. The van der Waals surface area contributed by atoms with Crippen molar-refractivity contribution in [3.8, 4) is 5.69 Å². The molecule has 0 radical (unpaired) electrons. The Morgan fingerprint density at radius 1 is 1.06 bits per heavy atom. The molecule has 0 fully saturated rings. The number of aromatic nitrogens is 2. The summed E-state index contributed by atoms with van der Waals surface area (Å²) in [5.74, 6) is -0.793. The molecular weight excluding hydrogens is 471 g/mol. The number of ketones is 1. The van der Waals surface area contributed by atoms with Crippen LogP contribution in [0.25, 0.3) is 15.9 Å². The number of hydrogen-bond donors (Lipinski definition) is 0. The van der Waals surface area contributed by atoms with Gasteiger partial charge in [-0.15, -0.1) is 11.3 Å². The fraction of sp³-hybridized carbons (Fsp3) is 0.391. The highest BCUT2D eigenvalue weighted by atomic mass is 32.1. The molecule has 0 aliphatic heterocycles. The Labute approximate surface area is 197 Å². The van der Waals surface area contributed by atoms with Gasteiger partial charge >= 0.3 is 11.9 Å². The molecule has 0 saturated carbocycles. The van der Waals surface area contributed by atoms with Gasteiger partial charge < -0.3 is 4.90 Å². The number of aryl methyl sites for hydroxylation is 1. The third-order valence-corrected chi connectivity index (χ3v) is 6.70. The molecule has 0 N–H and O–H groups in total. The van der Waals surface area contributed by atoms with Crippen LogP contribution in [0.1, 0.15) is 41.6 Å². The zero-order valence-corrected chi connectivity index (χ0v) is 20.3. The monoisotopic (exact) mass is 495 g/mol. The van der Waals surface area contributed by atoms with E-state index in [4.69, 9.17) is 0 Å². The number of carbonyl (C=O) groups is 2. The molecule has 0 atom stereocenters. The molecule has 1 aromatic carbocycles. The van der Waals surface area contributed by atoms with E-state index in [2.05, 4.69) is 0 Å². The second-order valence-corrected chi connectivity index (χ2v) is 10.1. The van der Waals surface area contributed by atoms with Crippen molar-refractivity contribution in [2.45, 2.75) is 40.4 Å². The van der Waals surface area contributed by atoms with Crippen molar-refractivity contribution in [1.82, 2.24) is 14.0 Å². The van der Waals surface area contributed by atoms with Crippen molar-refractivity contribution in [2.24, 2.45) is 5.41 Å². The number of rotatable bonds is 4. The number of alkyl halides is 3. The Kier molecular flexibility index (Phi) is 6.38. The van der Waals surface area contributed by atoms with Crippen molar-refractivity contribution < 1.29 is 22.8 Å². The number of hydrogen-bond acceptors (Lipinski definition) is 5. The third kappa shape index (κ3) is 4.31. The highest BCUT2D eigenvalue weighted by Crippen LogP contribution is 2.34. The summed E-state index contributed by atoms with van der Waals surface area (Å²) in [7, 11) is 3.03. The van der Waals surface area contributed by atoms with E-state index in [1.54, 1.807) is 20.8 Å². The number of Topliss-reactive ketones (excluding diaryl/α,β-unsaturated/α-hetero) is 1. The fourth-order valence-corrected chi connectivity index (χ4v) is 4.71.